The average Bonchev–Trinajstić information content (AvgIpc) is 2.77. The molecular weight excluding hydrogens is 372 g/mol. The zero-order chi connectivity index (χ0) is 21.6. The molecule has 0 radical (unpaired) electrons. The molecule has 0 atom stereocenters. The van der Waals surface area contributed by atoms with Crippen LogP contribution in [0.1, 0.15) is 55.7 Å². The Hall–Kier alpha value is -2.74. The van der Waals surface area contributed by atoms with E-state index in [9.17, 15) is 0 Å². The van der Waals surface area contributed by atoms with E-state index in [0.29, 0.717) is 5.76 Å². The second kappa shape index (κ2) is 13.5. The predicted molar refractivity (Wildman–Crippen MR) is 125 cm³/mol. The van der Waals surface area contributed by atoms with E-state index in [2.05, 4.69) is 44.4 Å². The topological polar surface area (TPSA) is 27.7 Å². The van der Waals surface area contributed by atoms with Gasteiger partial charge in [-0.2, -0.15) is 0 Å². The van der Waals surface area contributed by atoms with E-state index in [1.807, 2.05) is 36.4 Å². The van der Waals surface area contributed by atoms with Crippen molar-refractivity contribution >= 4 is 11.5 Å². The summed E-state index contributed by atoms with van der Waals surface area (Å²) in [5, 5.41) is 0. The minimum atomic E-state index is 0.622. The summed E-state index contributed by atoms with van der Waals surface area (Å²) in [4.78, 5) is 0. The summed E-state index contributed by atoms with van der Waals surface area (Å²) in [6, 6.07) is 16.1. The van der Waals surface area contributed by atoms with Crippen molar-refractivity contribution in [3.8, 4) is 5.75 Å². The molecular formula is C27H34O3. The summed E-state index contributed by atoms with van der Waals surface area (Å²) in [7, 11) is 1.75. The van der Waals surface area contributed by atoms with Crippen LogP contribution in [0, 0.1) is 6.92 Å². The number of unbranched alkanes of at least 4 members (excludes halogenated alkanes) is 3. The fourth-order valence-corrected chi connectivity index (χ4v) is 3.04. The van der Waals surface area contributed by atoms with Crippen LogP contribution in [-0.2, 0) is 9.47 Å². The normalized spacial score (nSPS) is 11.1. The molecule has 0 saturated heterocycles. The molecule has 0 saturated carbocycles. The Labute approximate surface area is 181 Å². The first-order valence-electron chi connectivity index (χ1n) is 10.7. The number of hydrogen-bond acceptors (Lipinski definition) is 3. The Morgan fingerprint density at radius 2 is 1.53 bits per heavy atom. The Morgan fingerprint density at radius 3 is 2.13 bits per heavy atom. The monoisotopic (exact) mass is 406 g/mol. The number of rotatable bonds is 13. The van der Waals surface area contributed by atoms with Crippen molar-refractivity contribution in [2.24, 2.45) is 0 Å². The molecule has 3 heteroatoms. The van der Waals surface area contributed by atoms with Crippen molar-refractivity contribution in [3.05, 3.63) is 83.6 Å². The molecule has 0 aliphatic carbocycles. The molecule has 0 spiro atoms. The van der Waals surface area contributed by atoms with Gasteiger partial charge < -0.3 is 14.2 Å². The van der Waals surface area contributed by atoms with Crippen molar-refractivity contribution in [1.82, 2.24) is 0 Å². The van der Waals surface area contributed by atoms with Gasteiger partial charge in [-0.1, -0.05) is 55.5 Å². The van der Waals surface area contributed by atoms with E-state index < -0.39 is 0 Å². The van der Waals surface area contributed by atoms with E-state index >= 15 is 0 Å². The second-order valence-corrected chi connectivity index (χ2v) is 7.23. The van der Waals surface area contributed by atoms with E-state index in [0.717, 1.165) is 61.5 Å². The first-order chi connectivity index (χ1) is 14.7. The standard InChI is InChI=1S/C27H34O3/c1-5-11-27(29-21-10-8-7-9-20-28-4)24-16-18-25(19-17-24)30-26(6-2)23-14-12-22(3)13-15-23/h11-19H,2,5,7-10,20-21H2,1,3-4H3/b27-11+. The fourth-order valence-electron chi connectivity index (χ4n) is 3.04. The molecule has 2 aromatic carbocycles. The van der Waals surface area contributed by atoms with Gasteiger partial charge in [0.2, 0.25) is 0 Å². The summed E-state index contributed by atoms with van der Waals surface area (Å²) >= 11 is 0. The van der Waals surface area contributed by atoms with Crippen molar-refractivity contribution in [2.45, 2.75) is 46.0 Å². The molecule has 2 rings (SSSR count). The van der Waals surface area contributed by atoms with Crippen LogP contribution in [0.5, 0.6) is 5.75 Å². The van der Waals surface area contributed by atoms with Gasteiger partial charge in [0.1, 0.15) is 11.5 Å². The third-order valence-corrected chi connectivity index (χ3v) is 4.72. The number of allylic oxidation sites excluding steroid dienone is 1. The maximum Gasteiger partial charge on any atom is 0.176 e. The highest BCUT2D eigenvalue weighted by Gasteiger charge is 2.07. The lowest BCUT2D eigenvalue weighted by atomic mass is 10.1. The fraction of sp³-hybridized carbons (Fsp3) is 0.370. The van der Waals surface area contributed by atoms with E-state index in [1.165, 1.54) is 12.0 Å². The van der Waals surface area contributed by atoms with Gasteiger partial charge in [-0.3, -0.25) is 0 Å². The number of ether oxygens (including phenoxy) is 3. The third-order valence-electron chi connectivity index (χ3n) is 4.72. The lowest BCUT2D eigenvalue weighted by molar-refractivity contribution is 0.190. The molecule has 0 fully saturated rings. The summed E-state index contributed by atoms with van der Waals surface area (Å²) in [5.41, 5.74) is 6.12. The van der Waals surface area contributed by atoms with Gasteiger partial charge in [0.15, 0.2) is 5.76 Å². The lowest BCUT2D eigenvalue weighted by Gasteiger charge is -2.13. The summed E-state index contributed by atoms with van der Waals surface area (Å²) < 4.78 is 17.1. The predicted octanol–water partition coefficient (Wildman–Crippen LogP) is 7.17. The van der Waals surface area contributed by atoms with Gasteiger partial charge in [0.25, 0.3) is 0 Å². The minimum absolute atomic E-state index is 0.622. The van der Waals surface area contributed by atoms with Crippen molar-refractivity contribution in [1.29, 1.82) is 0 Å². The first-order valence-corrected chi connectivity index (χ1v) is 10.7. The summed E-state index contributed by atoms with van der Waals surface area (Å²) in [5.74, 6) is 2.30. The highest BCUT2D eigenvalue weighted by atomic mass is 16.5. The summed E-state index contributed by atoms with van der Waals surface area (Å²) in [6.07, 6.45) is 7.55. The zero-order valence-corrected chi connectivity index (χ0v) is 18.6. The molecule has 0 N–H and O–H groups in total. The number of benzene rings is 2. The quantitative estimate of drug-likeness (QED) is 0.200. The van der Waals surface area contributed by atoms with Gasteiger partial charge in [0.05, 0.1) is 6.61 Å². The summed E-state index contributed by atoms with van der Waals surface area (Å²) in [6.45, 7) is 9.51. The minimum Gasteiger partial charge on any atom is -0.493 e. The highest BCUT2D eigenvalue weighted by molar-refractivity contribution is 5.63. The largest absolute Gasteiger partial charge is 0.493 e. The van der Waals surface area contributed by atoms with Crippen LogP contribution in [0.25, 0.3) is 11.5 Å². The molecule has 160 valence electrons. The molecule has 0 aromatic heterocycles. The van der Waals surface area contributed by atoms with Gasteiger partial charge in [0, 0.05) is 24.8 Å². The first kappa shape index (κ1) is 23.5. The maximum atomic E-state index is 6.06. The molecule has 0 heterocycles. The SMILES string of the molecule is C=C=C(Oc1ccc(/C(=C\CC)OCCCCCCOC)cc1)c1ccc(C)cc1. The van der Waals surface area contributed by atoms with Crippen LogP contribution in [0.3, 0.4) is 0 Å². The third kappa shape index (κ3) is 7.94. The average molecular weight is 407 g/mol. The van der Waals surface area contributed by atoms with Gasteiger partial charge in [-0.15, -0.1) is 0 Å². The molecule has 0 amide bonds. The van der Waals surface area contributed by atoms with Crippen LogP contribution in [0.4, 0.5) is 0 Å². The molecule has 0 bridgehead atoms. The lowest BCUT2D eigenvalue weighted by Crippen LogP contribution is -1.97. The number of methoxy groups -OCH3 is 1. The molecule has 0 aliphatic rings. The van der Waals surface area contributed by atoms with Crippen LogP contribution < -0.4 is 4.74 Å². The van der Waals surface area contributed by atoms with E-state index in [-0.39, 0.29) is 0 Å². The van der Waals surface area contributed by atoms with Crippen LogP contribution in [-0.4, -0.2) is 20.3 Å². The highest BCUT2D eigenvalue weighted by Crippen LogP contribution is 2.24. The molecule has 0 unspecified atom stereocenters. The second-order valence-electron chi connectivity index (χ2n) is 7.23. The smallest absolute Gasteiger partial charge is 0.176 e. The number of hydrogen-bond donors (Lipinski definition) is 0. The van der Waals surface area contributed by atoms with Crippen LogP contribution >= 0.6 is 0 Å². The van der Waals surface area contributed by atoms with Crippen molar-refractivity contribution in [2.75, 3.05) is 20.3 Å². The Bertz CT molecular complexity index is 825. The molecule has 30 heavy (non-hydrogen) atoms. The van der Waals surface area contributed by atoms with Gasteiger partial charge in [-0.25, -0.2) is 0 Å². The van der Waals surface area contributed by atoms with E-state index in [4.69, 9.17) is 14.2 Å². The van der Waals surface area contributed by atoms with Crippen molar-refractivity contribution in [3.63, 3.8) is 0 Å². The molecule has 0 aliphatic heterocycles. The molecule has 3 nitrogen and oxygen atoms in total. The van der Waals surface area contributed by atoms with Crippen molar-refractivity contribution < 1.29 is 14.2 Å². The Kier molecular flexibility index (Phi) is 10.6. The van der Waals surface area contributed by atoms with E-state index in [1.54, 1.807) is 7.11 Å². The van der Waals surface area contributed by atoms with Gasteiger partial charge in [-0.05, 0) is 62.9 Å². The number of aryl methyl sites for hydroxylation is 1. The zero-order valence-electron chi connectivity index (χ0n) is 18.6. The maximum absolute atomic E-state index is 6.06. The van der Waals surface area contributed by atoms with Gasteiger partial charge >= 0.3 is 0 Å². The Balaban J connectivity index is 1.93. The van der Waals surface area contributed by atoms with Crippen LogP contribution in [0.2, 0.25) is 0 Å². The molecule has 2 aromatic rings. The van der Waals surface area contributed by atoms with Crippen LogP contribution in [0.15, 0.2) is 66.9 Å². The Morgan fingerprint density at radius 1 is 0.900 bits per heavy atom.